The molecule has 0 spiro atoms. The minimum Gasteiger partial charge on any atom is -0.435 e. The number of hydrogen-bond acceptors (Lipinski definition) is 5. The normalized spacial score (nSPS) is 10.6. The largest absolute Gasteiger partial charge is 0.435 e. The van der Waals surface area contributed by atoms with Gasteiger partial charge in [0.25, 0.3) is 5.91 Å². The van der Waals surface area contributed by atoms with Gasteiger partial charge in [-0.15, -0.1) is 11.8 Å². The number of para-hydroxylation sites is 1. The Morgan fingerprint density at radius 1 is 0.844 bits per heavy atom. The Morgan fingerprint density at radius 3 is 2.22 bits per heavy atom. The van der Waals surface area contributed by atoms with Crippen LogP contribution in [0.25, 0.3) is 22.8 Å². The second-order valence-corrected chi connectivity index (χ2v) is 7.82. The van der Waals surface area contributed by atoms with Gasteiger partial charge < -0.3 is 15.1 Å². The molecule has 0 saturated heterocycles. The number of carbonyl (C=O) groups is 2. The predicted molar refractivity (Wildman–Crippen MR) is 128 cm³/mol. The van der Waals surface area contributed by atoms with Crippen molar-refractivity contribution in [3.05, 3.63) is 84.6 Å². The van der Waals surface area contributed by atoms with Gasteiger partial charge in [0.15, 0.2) is 11.5 Å². The third-order valence-corrected chi connectivity index (χ3v) is 5.48. The van der Waals surface area contributed by atoms with Crippen LogP contribution in [0.2, 0.25) is 0 Å². The zero-order valence-corrected chi connectivity index (χ0v) is 18.4. The third kappa shape index (κ3) is 4.73. The molecule has 0 aliphatic heterocycles. The van der Waals surface area contributed by atoms with Gasteiger partial charge in [0.05, 0.1) is 5.69 Å². The maximum Gasteiger partial charge on any atom is 0.278 e. The van der Waals surface area contributed by atoms with Crippen molar-refractivity contribution in [3.8, 4) is 22.8 Å². The topological polar surface area (TPSA) is 84.2 Å². The summed E-state index contributed by atoms with van der Waals surface area (Å²) in [5.74, 6) is 0.196. The van der Waals surface area contributed by atoms with Crippen LogP contribution in [0.4, 0.5) is 11.4 Å². The monoisotopic (exact) mass is 443 g/mol. The van der Waals surface area contributed by atoms with Gasteiger partial charge >= 0.3 is 0 Å². The van der Waals surface area contributed by atoms with Crippen LogP contribution in [0.3, 0.4) is 0 Å². The maximum atomic E-state index is 13.2. The highest BCUT2D eigenvalue weighted by Gasteiger charge is 2.23. The summed E-state index contributed by atoms with van der Waals surface area (Å²) in [6.45, 7) is 1.45. The summed E-state index contributed by atoms with van der Waals surface area (Å²) in [6, 6.07) is 24.1. The van der Waals surface area contributed by atoms with Crippen LogP contribution in [0, 0.1) is 0 Å². The number of anilines is 2. The Labute approximate surface area is 190 Å². The average Bonchev–Trinajstić information content (AvgIpc) is 3.26. The molecule has 6 nitrogen and oxygen atoms in total. The van der Waals surface area contributed by atoms with Crippen LogP contribution in [0.5, 0.6) is 0 Å². The van der Waals surface area contributed by atoms with E-state index in [0.717, 1.165) is 10.5 Å². The number of amides is 2. The standard InChI is InChI=1S/C25H21N3O3S/c1-16(29)26-19-14-12-17(13-15-19)23-22(28-25(31-23)18-8-4-3-5-9-18)24(30)27-20-10-6-7-11-21(20)32-2/h3-15H,1-2H3,(H,26,29)(H,27,30). The maximum absolute atomic E-state index is 13.2. The zero-order chi connectivity index (χ0) is 22.5. The van der Waals surface area contributed by atoms with Crippen molar-refractivity contribution in [2.24, 2.45) is 0 Å². The molecule has 2 amide bonds. The number of hydrogen-bond donors (Lipinski definition) is 2. The quantitative estimate of drug-likeness (QED) is 0.360. The Morgan fingerprint density at radius 2 is 1.53 bits per heavy atom. The molecule has 0 atom stereocenters. The van der Waals surface area contributed by atoms with E-state index in [1.165, 1.54) is 6.92 Å². The van der Waals surface area contributed by atoms with Gasteiger partial charge in [-0.05, 0) is 54.8 Å². The van der Waals surface area contributed by atoms with E-state index >= 15 is 0 Å². The number of benzene rings is 3. The lowest BCUT2D eigenvalue weighted by Crippen LogP contribution is -2.14. The Hall–Kier alpha value is -3.84. The first kappa shape index (κ1) is 21.4. The number of rotatable bonds is 6. The lowest BCUT2D eigenvalue weighted by Gasteiger charge is -2.09. The van der Waals surface area contributed by atoms with Crippen LogP contribution in [0.1, 0.15) is 17.4 Å². The van der Waals surface area contributed by atoms with E-state index < -0.39 is 0 Å². The number of carbonyl (C=O) groups excluding carboxylic acids is 2. The lowest BCUT2D eigenvalue weighted by atomic mass is 10.1. The molecule has 0 fully saturated rings. The van der Waals surface area contributed by atoms with E-state index in [-0.39, 0.29) is 17.5 Å². The van der Waals surface area contributed by atoms with E-state index in [2.05, 4.69) is 15.6 Å². The number of nitrogens with zero attached hydrogens (tertiary/aromatic N) is 1. The molecule has 0 radical (unpaired) electrons. The van der Waals surface area contributed by atoms with Gasteiger partial charge in [0, 0.05) is 28.6 Å². The van der Waals surface area contributed by atoms with Gasteiger partial charge in [-0.25, -0.2) is 4.98 Å². The van der Waals surface area contributed by atoms with E-state index in [1.807, 2.05) is 60.9 Å². The SMILES string of the molecule is CSc1ccccc1NC(=O)c1nc(-c2ccccc2)oc1-c1ccc(NC(C)=O)cc1. The van der Waals surface area contributed by atoms with Crippen molar-refractivity contribution in [1.29, 1.82) is 0 Å². The van der Waals surface area contributed by atoms with Gasteiger partial charge in [0.2, 0.25) is 11.8 Å². The van der Waals surface area contributed by atoms with Crippen LogP contribution in [-0.2, 0) is 4.79 Å². The van der Waals surface area contributed by atoms with Crippen molar-refractivity contribution in [3.63, 3.8) is 0 Å². The highest BCUT2D eigenvalue weighted by molar-refractivity contribution is 7.98. The summed E-state index contributed by atoms with van der Waals surface area (Å²) in [6.07, 6.45) is 1.96. The van der Waals surface area contributed by atoms with Crippen molar-refractivity contribution < 1.29 is 14.0 Å². The smallest absolute Gasteiger partial charge is 0.278 e. The summed E-state index contributed by atoms with van der Waals surface area (Å²) in [5.41, 5.74) is 3.00. The minimum atomic E-state index is -0.363. The fraction of sp³-hybridized carbons (Fsp3) is 0.0800. The molecular formula is C25H21N3O3S. The molecule has 1 aromatic heterocycles. The Kier molecular flexibility index (Phi) is 6.37. The number of nitrogens with one attached hydrogen (secondary N) is 2. The summed E-state index contributed by atoms with van der Waals surface area (Å²) in [7, 11) is 0. The van der Waals surface area contributed by atoms with E-state index in [4.69, 9.17) is 4.42 Å². The number of thioether (sulfide) groups is 1. The number of aromatic nitrogens is 1. The first-order valence-corrected chi connectivity index (χ1v) is 11.2. The van der Waals surface area contributed by atoms with Gasteiger partial charge in [-0.1, -0.05) is 30.3 Å². The summed E-state index contributed by atoms with van der Waals surface area (Å²) in [4.78, 5) is 30.0. The fourth-order valence-electron chi connectivity index (χ4n) is 3.21. The summed E-state index contributed by atoms with van der Waals surface area (Å²) in [5, 5.41) is 5.68. The average molecular weight is 444 g/mol. The van der Waals surface area contributed by atoms with Crippen LogP contribution in [-0.4, -0.2) is 23.1 Å². The molecule has 0 unspecified atom stereocenters. The first-order chi connectivity index (χ1) is 15.5. The minimum absolute atomic E-state index is 0.156. The fourth-order valence-corrected chi connectivity index (χ4v) is 3.77. The molecular weight excluding hydrogens is 422 g/mol. The van der Waals surface area contributed by atoms with Gasteiger partial charge in [-0.3, -0.25) is 9.59 Å². The van der Waals surface area contributed by atoms with Gasteiger partial charge in [-0.2, -0.15) is 0 Å². The molecule has 7 heteroatoms. The Bertz CT molecular complexity index is 1250. The summed E-state index contributed by atoms with van der Waals surface area (Å²) < 4.78 is 6.06. The van der Waals surface area contributed by atoms with Crippen molar-refractivity contribution in [1.82, 2.24) is 4.98 Å². The highest BCUT2D eigenvalue weighted by Crippen LogP contribution is 2.32. The zero-order valence-electron chi connectivity index (χ0n) is 17.6. The molecule has 160 valence electrons. The Balaban J connectivity index is 1.74. The second-order valence-electron chi connectivity index (χ2n) is 6.98. The molecule has 32 heavy (non-hydrogen) atoms. The number of oxazole rings is 1. The van der Waals surface area contributed by atoms with Crippen LogP contribution in [0.15, 0.2) is 88.2 Å². The highest BCUT2D eigenvalue weighted by atomic mass is 32.2. The molecule has 4 aromatic rings. The molecule has 4 rings (SSSR count). The van der Waals surface area contributed by atoms with E-state index in [0.29, 0.717) is 28.6 Å². The van der Waals surface area contributed by atoms with Crippen LogP contribution >= 0.6 is 11.8 Å². The molecule has 0 saturated carbocycles. The van der Waals surface area contributed by atoms with Crippen molar-refractivity contribution >= 4 is 35.0 Å². The predicted octanol–water partition coefficient (Wildman–Crippen LogP) is 5.94. The van der Waals surface area contributed by atoms with Crippen molar-refractivity contribution in [2.75, 3.05) is 16.9 Å². The first-order valence-electron chi connectivity index (χ1n) is 9.94. The van der Waals surface area contributed by atoms with Crippen LogP contribution < -0.4 is 10.6 Å². The van der Waals surface area contributed by atoms with Gasteiger partial charge in [0.1, 0.15) is 0 Å². The van der Waals surface area contributed by atoms with E-state index in [1.54, 1.807) is 36.0 Å². The third-order valence-electron chi connectivity index (χ3n) is 4.69. The molecule has 0 bridgehead atoms. The molecule has 2 N–H and O–H groups in total. The van der Waals surface area contributed by atoms with E-state index in [9.17, 15) is 9.59 Å². The molecule has 1 heterocycles. The second kappa shape index (κ2) is 9.53. The van der Waals surface area contributed by atoms with Crippen molar-refractivity contribution in [2.45, 2.75) is 11.8 Å². The molecule has 0 aliphatic carbocycles. The molecule has 0 aliphatic rings. The molecule has 3 aromatic carbocycles. The lowest BCUT2D eigenvalue weighted by molar-refractivity contribution is -0.114. The summed E-state index contributed by atoms with van der Waals surface area (Å²) >= 11 is 1.55.